The first-order chi connectivity index (χ1) is 9.99. The first kappa shape index (κ1) is 14.7. The summed E-state index contributed by atoms with van der Waals surface area (Å²) in [6.45, 7) is 5.11. The number of hydrogen-bond donors (Lipinski definition) is 1. The molecule has 114 valence electrons. The van der Waals surface area contributed by atoms with Gasteiger partial charge in [0.15, 0.2) is 0 Å². The van der Waals surface area contributed by atoms with E-state index >= 15 is 0 Å². The lowest BCUT2D eigenvalue weighted by Gasteiger charge is -2.32. The molecule has 2 aliphatic rings. The third-order valence-electron chi connectivity index (χ3n) is 4.22. The largest absolute Gasteiger partial charge is 0.326 e. The Kier molecular flexibility index (Phi) is 3.88. The van der Waals surface area contributed by atoms with Crippen molar-refractivity contribution < 1.29 is 8.42 Å². The van der Waals surface area contributed by atoms with Crippen LogP contribution >= 0.6 is 0 Å². The molecule has 1 aromatic carbocycles. The number of fused-ring (bicyclic) bond motifs is 1. The van der Waals surface area contributed by atoms with Crippen molar-refractivity contribution in [1.82, 2.24) is 9.80 Å². The van der Waals surface area contributed by atoms with E-state index < -0.39 is 9.84 Å². The fourth-order valence-electron chi connectivity index (χ4n) is 2.89. The fraction of sp³-hybridized carbons (Fsp3) is 0.467. The molecule has 2 N–H and O–H groups in total. The Morgan fingerprint density at radius 1 is 1.19 bits per heavy atom. The Balaban J connectivity index is 1.87. The van der Waals surface area contributed by atoms with E-state index in [0.717, 1.165) is 42.9 Å². The molecule has 1 saturated heterocycles. The van der Waals surface area contributed by atoms with E-state index in [1.165, 1.54) is 5.41 Å². The van der Waals surface area contributed by atoms with E-state index in [1.807, 2.05) is 6.07 Å². The highest BCUT2D eigenvalue weighted by Crippen LogP contribution is 2.34. The van der Waals surface area contributed by atoms with Gasteiger partial charge in [-0.05, 0) is 35.9 Å². The molecule has 6 heteroatoms. The smallest absolute Gasteiger partial charge is 0.200 e. The minimum Gasteiger partial charge on any atom is -0.326 e. The molecule has 21 heavy (non-hydrogen) atoms. The number of rotatable bonds is 3. The van der Waals surface area contributed by atoms with Crippen molar-refractivity contribution in [2.24, 2.45) is 5.73 Å². The lowest BCUT2D eigenvalue weighted by Crippen LogP contribution is -2.44. The zero-order valence-corrected chi connectivity index (χ0v) is 13.1. The molecule has 0 unspecified atom stereocenters. The summed E-state index contributed by atoms with van der Waals surface area (Å²) >= 11 is 0. The highest BCUT2D eigenvalue weighted by molar-refractivity contribution is 7.95. The van der Waals surface area contributed by atoms with Crippen LogP contribution in [0.4, 0.5) is 0 Å². The van der Waals surface area contributed by atoms with Gasteiger partial charge in [-0.2, -0.15) is 0 Å². The van der Waals surface area contributed by atoms with Crippen LogP contribution in [0.25, 0.3) is 5.57 Å². The number of sulfone groups is 1. The number of likely N-dealkylation sites (N-methyl/N-ethyl adjacent to an activating group) is 1. The van der Waals surface area contributed by atoms with E-state index in [-0.39, 0.29) is 0 Å². The van der Waals surface area contributed by atoms with Crippen LogP contribution in [-0.4, -0.2) is 58.0 Å². The van der Waals surface area contributed by atoms with E-state index in [0.29, 0.717) is 18.0 Å². The summed E-state index contributed by atoms with van der Waals surface area (Å²) in [6.07, 6.45) is 0. The number of nitrogens with two attached hydrogens (primary N) is 1. The zero-order chi connectivity index (χ0) is 15.0. The number of piperazine rings is 1. The Morgan fingerprint density at radius 2 is 1.90 bits per heavy atom. The summed E-state index contributed by atoms with van der Waals surface area (Å²) in [5.41, 5.74) is 8.36. The zero-order valence-electron chi connectivity index (χ0n) is 12.2. The molecule has 0 radical (unpaired) electrons. The summed E-state index contributed by atoms with van der Waals surface area (Å²) < 4.78 is 24.4. The molecule has 2 heterocycles. The maximum atomic E-state index is 12.2. The van der Waals surface area contributed by atoms with Gasteiger partial charge in [0.2, 0.25) is 9.84 Å². The molecule has 0 spiro atoms. The van der Waals surface area contributed by atoms with Gasteiger partial charge >= 0.3 is 0 Å². The van der Waals surface area contributed by atoms with Crippen LogP contribution in [0.2, 0.25) is 0 Å². The monoisotopic (exact) mass is 307 g/mol. The molecule has 0 saturated carbocycles. The van der Waals surface area contributed by atoms with E-state index in [1.54, 1.807) is 12.1 Å². The minimum absolute atomic E-state index is 0.420. The molecule has 0 aliphatic carbocycles. The maximum absolute atomic E-state index is 12.2. The summed E-state index contributed by atoms with van der Waals surface area (Å²) in [6, 6.07) is 5.39. The summed E-state index contributed by atoms with van der Waals surface area (Å²) in [5, 5.41) is 1.43. The minimum atomic E-state index is -3.28. The summed E-state index contributed by atoms with van der Waals surface area (Å²) in [7, 11) is -1.17. The topological polar surface area (TPSA) is 66.6 Å². The van der Waals surface area contributed by atoms with Crippen LogP contribution in [-0.2, 0) is 16.4 Å². The van der Waals surface area contributed by atoms with Gasteiger partial charge < -0.3 is 10.6 Å². The van der Waals surface area contributed by atoms with Crippen molar-refractivity contribution in [2.75, 3.05) is 39.8 Å². The standard InChI is InChI=1S/C15H21N3O2S/c1-17-4-6-18(7-5-17)10-13-11-21(19,20)15-3-2-12(9-16)8-14(13)15/h2-3,8,11H,4-7,9-10,16H2,1H3. The molecule has 1 fully saturated rings. The Labute approximate surface area is 125 Å². The number of benzene rings is 1. The predicted molar refractivity (Wildman–Crippen MR) is 83.4 cm³/mol. The molecule has 0 atom stereocenters. The van der Waals surface area contributed by atoms with Crippen molar-refractivity contribution in [2.45, 2.75) is 11.4 Å². The van der Waals surface area contributed by atoms with Crippen LogP contribution < -0.4 is 5.73 Å². The van der Waals surface area contributed by atoms with E-state index in [9.17, 15) is 8.42 Å². The van der Waals surface area contributed by atoms with Crippen LogP contribution in [0.3, 0.4) is 0 Å². The van der Waals surface area contributed by atoms with Crippen LogP contribution in [0.1, 0.15) is 11.1 Å². The average molecular weight is 307 g/mol. The van der Waals surface area contributed by atoms with Crippen molar-refractivity contribution in [3.63, 3.8) is 0 Å². The van der Waals surface area contributed by atoms with Crippen molar-refractivity contribution >= 4 is 15.4 Å². The quantitative estimate of drug-likeness (QED) is 0.882. The highest BCUT2D eigenvalue weighted by atomic mass is 32.2. The second kappa shape index (κ2) is 5.53. The van der Waals surface area contributed by atoms with Gasteiger partial charge in [-0.15, -0.1) is 0 Å². The first-order valence-electron chi connectivity index (χ1n) is 7.19. The maximum Gasteiger partial charge on any atom is 0.200 e. The van der Waals surface area contributed by atoms with Gasteiger partial charge in [-0.1, -0.05) is 6.07 Å². The van der Waals surface area contributed by atoms with Gasteiger partial charge in [-0.3, -0.25) is 4.90 Å². The molecule has 1 aromatic rings. The lowest BCUT2D eigenvalue weighted by atomic mass is 10.0. The molecular weight excluding hydrogens is 286 g/mol. The predicted octanol–water partition coefficient (Wildman–Crippen LogP) is 0.521. The van der Waals surface area contributed by atoms with Crippen LogP contribution in [0.15, 0.2) is 28.5 Å². The third-order valence-corrected chi connectivity index (χ3v) is 5.78. The SMILES string of the molecule is CN1CCN(CC2=CS(=O)(=O)c3ccc(CN)cc32)CC1. The Morgan fingerprint density at radius 3 is 2.57 bits per heavy atom. The van der Waals surface area contributed by atoms with Crippen LogP contribution in [0, 0.1) is 0 Å². The second-order valence-electron chi connectivity index (χ2n) is 5.80. The van der Waals surface area contributed by atoms with E-state index in [2.05, 4.69) is 16.8 Å². The highest BCUT2D eigenvalue weighted by Gasteiger charge is 2.28. The second-order valence-corrected chi connectivity index (χ2v) is 7.57. The van der Waals surface area contributed by atoms with Crippen molar-refractivity contribution in [3.05, 3.63) is 34.7 Å². The van der Waals surface area contributed by atoms with E-state index in [4.69, 9.17) is 5.73 Å². The molecule has 2 aliphatic heterocycles. The van der Waals surface area contributed by atoms with Crippen molar-refractivity contribution in [3.8, 4) is 0 Å². The van der Waals surface area contributed by atoms with Gasteiger partial charge in [0.05, 0.1) is 4.90 Å². The Bertz CT molecular complexity index is 674. The molecule has 0 bridgehead atoms. The normalized spacial score (nSPS) is 22.1. The molecule has 3 rings (SSSR count). The number of hydrogen-bond acceptors (Lipinski definition) is 5. The molecule has 5 nitrogen and oxygen atoms in total. The van der Waals surface area contributed by atoms with Gasteiger partial charge in [0, 0.05) is 44.7 Å². The average Bonchev–Trinajstić information content (AvgIpc) is 2.72. The molecule has 0 aromatic heterocycles. The fourth-order valence-corrected chi connectivity index (χ4v) is 4.34. The molecular formula is C15H21N3O2S. The Hall–Kier alpha value is -1.21. The van der Waals surface area contributed by atoms with Gasteiger partial charge in [0.25, 0.3) is 0 Å². The lowest BCUT2D eigenvalue weighted by molar-refractivity contribution is 0.168. The number of nitrogens with zero attached hydrogens (tertiary/aromatic N) is 2. The van der Waals surface area contributed by atoms with Gasteiger partial charge in [-0.25, -0.2) is 8.42 Å². The van der Waals surface area contributed by atoms with Crippen molar-refractivity contribution in [1.29, 1.82) is 0 Å². The summed E-state index contributed by atoms with van der Waals surface area (Å²) in [4.78, 5) is 5.02. The third kappa shape index (κ3) is 2.89. The van der Waals surface area contributed by atoms with Gasteiger partial charge in [0.1, 0.15) is 0 Å². The summed E-state index contributed by atoms with van der Waals surface area (Å²) in [5.74, 6) is 0. The first-order valence-corrected chi connectivity index (χ1v) is 8.74. The van der Waals surface area contributed by atoms with Crippen LogP contribution in [0.5, 0.6) is 0 Å². The molecule has 0 amide bonds.